The van der Waals surface area contributed by atoms with Gasteiger partial charge in [-0.3, -0.25) is 10.1 Å². The van der Waals surface area contributed by atoms with Crippen molar-refractivity contribution in [3.8, 4) is 0 Å². The van der Waals surface area contributed by atoms with E-state index in [1.54, 1.807) is 0 Å². The number of rotatable bonds is 7. The Morgan fingerprint density at radius 2 is 1.85 bits per heavy atom. The normalized spacial score (nSPS) is 24.9. The SMILES string of the molecule is O=C(NC(NCCN1CCCCC1)C(Cl)(Cl)Cl)C1CC1c1ccccc1. The summed E-state index contributed by atoms with van der Waals surface area (Å²) in [5, 5.41) is 6.10. The molecule has 2 aliphatic rings. The molecule has 26 heavy (non-hydrogen) atoms. The number of carbonyl (C=O) groups excluding carboxylic acids is 1. The van der Waals surface area contributed by atoms with Crippen molar-refractivity contribution in [3.05, 3.63) is 35.9 Å². The van der Waals surface area contributed by atoms with Crippen molar-refractivity contribution in [2.75, 3.05) is 26.2 Å². The fourth-order valence-electron chi connectivity index (χ4n) is 3.60. The number of likely N-dealkylation sites (tertiary alicyclic amines) is 1. The van der Waals surface area contributed by atoms with Crippen LogP contribution in [0, 0.1) is 5.92 Å². The van der Waals surface area contributed by atoms with E-state index in [1.807, 2.05) is 18.2 Å². The Morgan fingerprint density at radius 3 is 2.50 bits per heavy atom. The molecular weight excluding hydrogens is 393 g/mol. The molecular formula is C19H26Cl3N3O. The zero-order chi connectivity index (χ0) is 18.6. The molecule has 0 radical (unpaired) electrons. The van der Waals surface area contributed by atoms with Crippen molar-refractivity contribution < 1.29 is 4.79 Å². The van der Waals surface area contributed by atoms with Gasteiger partial charge in [0.15, 0.2) is 0 Å². The van der Waals surface area contributed by atoms with Crippen LogP contribution in [0.4, 0.5) is 0 Å². The lowest BCUT2D eigenvalue weighted by Gasteiger charge is -2.30. The maximum absolute atomic E-state index is 12.6. The third-order valence-electron chi connectivity index (χ3n) is 5.19. The van der Waals surface area contributed by atoms with Crippen molar-refractivity contribution >= 4 is 40.7 Å². The minimum absolute atomic E-state index is 0.0452. The second-order valence-corrected chi connectivity index (χ2v) is 9.57. The van der Waals surface area contributed by atoms with Crippen molar-refractivity contribution in [2.24, 2.45) is 5.92 Å². The Morgan fingerprint density at radius 1 is 1.15 bits per heavy atom. The highest BCUT2D eigenvalue weighted by molar-refractivity contribution is 6.68. The molecule has 1 amide bonds. The third-order valence-corrected chi connectivity index (χ3v) is 5.85. The molecule has 1 saturated carbocycles. The average Bonchev–Trinajstić information content (AvgIpc) is 3.42. The second kappa shape index (κ2) is 9.11. The van der Waals surface area contributed by atoms with E-state index < -0.39 is 9.96 Å². The zero-order valence-electron chi connectivity index (χ0n) is 14.8. The lowest BCUT2D eigenvalue weighted by Crippen LogP contribution is -2.55. The van der Waals surface area contributed by atoms with Crippen LogP contribution >= 0.6 is 34.8 Å². The first-order chi connectivity index (χ1) is 12.4. The van der Waals surface area contributed by atoms with Crippen LogP contribution in [0.2, 0.25) is 0 Å². The average molecular weight is 419 g/mol. The van der Waals surface area contributed by atoms with E-state index in [4.69, 9.17) is 34.8 Å². The van der Waals surface area contributed by atoms with Gasteiger partial charge in [-0.1, -0.05) is 71.6 Å². The minimum Gasteiger partial charge on any atom is -0.336 e. The van der Waals surface area contributed by atoms with Gasteiger partial charge in [0.2, 0.25) is 9.70 Å². The van der Waals surface area contributed by atoms with Crippen molar-refractivity contribution in [2.45, 2.75) is 41.6 Å². The van der Waals surface area contributed by atoms with Gasteiger partial charge in [0.25, 0.3) is 0 Å². The van der Waals surface area contributed by atoms with Crippen molar-refractivity contribution in [3.63, 3.8) is 0 Å². The second-order valence-electron chi connectivity index (χ2n) is 7.20. The molecule has 1 saturated heterocycles. The summed E-state index contributed by atoms with van der Waals surface area (Å²) >= 11 is 18.2. The number of hydrogen-bond donors (Lipinski definition) is 2. The number of nitrogens with one attached hydrogen (secondary N) is 2. The molecule has 3 rings (SSSR count). The third kappa shape index (κ3) is 5.74. The van der Waals surface area contributed by atoms with Gasteiger partial charge in [0.05, 0.1) is 0 Å². The van der Waals surface area contributed by atoms with Gasteiger partial charge in [-0.15, -0.1) is 0 Å². The number of nitrogens with zero attached hydrogens (tertiary/aromatic N) is 1. The van der Waals surface area contributed by atoms with E-state index in [0.29, 0.717) is 6.54 Å². The molecule has 1 aromatic rings. The summed E-state index contributed by atoms with van der Waals surface area (Å²) in [4.78, 5) is 15.0. The summed E-state index contributed by atoms with van der Waals surface area (Å²) in [6.07, 6.45) is 3.94. The van der Waals surface area contributed by atoms with Crippen molar-refractivity contribution in [1.29, 1.82) is 0 Å². The highest BCUT2D eigenvalue weighted by Gasteiger charge is 2.45. The van der Waals surface area contributed by atoms with Gasteiger partial charge < -0.3 is 10.2 Å². The molecule has 2 N–H and O–H groups in total. The van der Waals surface area contributed by atoms with Crippen LogP contribution in [0.1, 0.15) is 37.2 Å². The van der Waals surface area contributed by atoms with Crippen LogP contribution < -0.4 is 10.6 Å². The summed E-state index contributed by atoms with van der Waals surface area (Å²) in [5.41, 5.74) is 1.19. The smallest absolute Gasteiger partial charge is 0.225 e. The number of carbonyl (C=O) groups is 1. The standard InChI is InChI=1S/C19H26Cl3N3O/c20-19(21,22)18(23-9-12-25-10-5-2-6-11-25)24-17(26)16-13-15(16)14-7-3-1-4-8-14/h1,3-4,7-8,15-16,18,23H,2,5-6,9-13H2,(H,24,26). The lowest BCUT2D eigenvalue weighted by atomic mass is 10.1. The van der Waals surface area contributed by atoms with Crippen LogP contribution in [-0.2, 0) is 4.79 Å². The summed E-state index contributed by atoms with van der Waals surface area (Å²) in [5.74, 6) is 0.164. The topological polar surface area (TPSA) is 44.4 Å². The van der Waals surface area contributed by atoms with E-state index >= 15 is 0 Å². The van der Waals surface area contributed by atoms with E-state index in [0.717, 1.165) is 26.1 Å². The first kappa shape index (κ1) is 20.2. The van der Waals surface area contributed by atoms with E-state index in [9.17, 15) is 4.79 Å². The van der Waals surface area contributed by atoms with E-state index in [2.05, 4.69) is 27.7 Å². The Hall–Kier alpha value is -0.520. The molecule has 0 spiro atoms. The molecule has 4 nitrogen and oxygen atoms in total. The predicted molar refractivity (Wildman–Crippen MR) is 108 cm³/mol. The van der Waals surface area contributed by atoms with Gasteiger partial charge in [-0.2, -0.15) is 0 Å². The molecule has 1 aliphatic heterocycles. The largest absolute Gasteiger partial charge is 0.336 e. The number of halogens is 3. The minimum atomic E-state index is -1.59. The Bertz CT molecular complexity index is 587. The van der Waals surface area contributed by atoms with Gasteiger partial charge in [0, 0.05) is 19.0 Å². The molecule has 1 heterocycles. The van der Waals surface area contributed by atoms with Gasteiger partial charge in [-0.25, -0.2) is 0 Å². The van der Waals surface area contributed by atoms with Gasteiger partial charge in [0.1, 0.15) is 6.17 Å². The van der Waals surface area contributed by atoms with Gasteiger partial charge in [-0.05, 0) is 43.8 Å². The first-order valence-corrected chi connectivity index (χ1v) is 10.5. The summed E-state index contributed by atoms with van der Waals surface area (Å²) in [6, 6.07) is 10.1. The van der Waals surface area contributed by atoms with Crippen molar-refractivity contribution in [1.82, 2.24) is 15.5 Å². The quantitative estimate of drug-likeness (QED) is 0.524. The molecule has 0 bridgehead atoms. The number of benzene rings is 1. The van der Waals surface area contributed by atoms with Crippen LogP contribution in [0.5, 0.6) is 0 Å². The van der Waals surface area contributed by atoms with Crippen LogP contribution in [0.25, 0.3) is 0 Å². The Balaban J connectivity index is 1.48. The molecule has 1 aliphatic carbocycles. The monoisotopic (exact) mass is 417 g/mol. The lowest BCUT2D eigenvalue weighted by molar-refractivity contribution is -0.123. The molecule has 7 heteroatoms. The molecule has 3 unspecified atom stereocenters. The Kier molecular flexibility index (Phi) is 7.09. The molecule has 144 valence electrons. The number of amides is 1. The number of alkyl halides is 3. The van der Waals surface area contributed by atoms with Crippen LogP contribution in [-0.4, -0.2) is 46.9 Å². The summed E-state index contributed by atoms with van der Waals surface area (Å²) in [6.45, 7) is 3.80. The predicted octanol–water partition coefficient (Wildman–Crippen LogP) is 3.68. The van der Waals surface area contributed by atoms with Crippen LogP contribution in [0.15, 0.2) is 30.3 Å². The van der Waals surface area contributed by atoms with E-state index in [1.165, 1.54) is 24.8 Å². The molecule has 0 aromatic heterocycles. The Labute approximate surface area is 170 Å². The van der Waals surface area contributed by atoms with Gasteiger partial charge >= 0.3 is 0 Å². The molecule has 1 aromatic carbocycles. The first-order valence-electron chi connectivity index (χ1n) is 9.33. The fraction of sp³-hybridized carbons (Fsp3) is 0.632. The summed E-state index contributed by atoms with van der Waals surface area (Å²) in [7, 11) is 0. The number of piperidine rings is 1. The maximum Gasteiger partial charge on any atom is 0.225 e. The maximum atomic E-state index is 12.6. The zero-order valence-corrected chi connectivity index (χ0v) is 17.0. The fourth-order valence-corrected chi connectivity index (χ4v) is 4.00. The van der Waals surface area contributed by atoms with E-state index in [-0.39, 0.29) is 17.7 Å². The number of hydrogen-bond acceptors (Lipinski definition) is 3. The molecule has 3 atom stereocenters. The molecule has 2 fully saturated rings. The highest BCUT2D eigenvalue weighted by Crippen LogP contribution is 2.47. The summed E-state index contributed by atoms with van der Waals surface area (Å²) < 4.78 is -1.59. The van der Waals surface area contributed by atoms with Crippen LogP contribution in [0.3, 0.4) is 0 Å². The highest BCUT2D eigenvalue weighted by atomic mass is 35.6.